The third-order valence-corrected chi connectivity index (χ3v) is 4.18. The maximum absolute atomic E-state index is 12.1. The molecule has 3 rings (SSSR count). The molecule has 0 saturated carbocycles. The molecule has 1 aromatic heterocycles. The Morgan fingerprint density at radius 1 is 1.12 bits per heavy atom. The Labute approximate surface area is 145 Å². The fourth-order valence-corrected chi connectivity index (χ4v) is 3.03. The predicted molar refractivity (Wildman–Crippen MR) is 97.5 cm³/mol. The number of benzene rings is 2. The fourth-order valence-electron chi connectivity index (χ4n) is 2.30. The van der Waals surface area contributed by atoms with E-state index in [1.54, 1.807) is 0 Å². The number of anilines is 1. The van der Waals surface area contributed by atoms with Gasteiger partial charge in [-0.05, 0) is 36.8 Å². The zero-order chi connectivity index (χ0) is 16.8. The molecule has 4 nitrogen and oxygen atoms in total. The van der Waals surface area contributed by atoms with E-state index in [9.17, 15) is 4.79 Å². The molecule has 0 unspecified atom stereocenters. The van der Waals surface area contributed by atoms with Crippen LogP contribution in [-0.2, 0) is 11.2 Å². The van der Waals surface area contributed by atoms with Crippen molar-refractivity contribution >= 4 is 22.4 Å². The van der Waals surface area contributed by atoms with Crippen LogP contribution in [0.3, 0.4) is 0 Å². The molecule has 3 aromatic rings. The summed E-state index contributed by atoms with van der Waals surface area (Å²) in [5.41, 5.74) is 2.83. The van der Waals surface area contributed by atoms with Crippen LogP contribution in [0.25, 0.3) is 11.3 Å². The zero-order valence-corrected chi connectivity index (χ0v) is 14.2. The minimum Gasteiger partial charge on any atom is -0.494 e. The average Bonchev–Trinajstić information content (AvgIpc) is 3.05. The van der Waals surface area contributed by atoms with Crippen molar-refractivity contribution in [3.8, 4) is 17.0 Å². The molecule has 24 heavy (non-hydrogen) atoms. The summed E-state index contributed by atoms with van der Waals surface area (Å²) in [6, 6.07) is 17.4. The number of carbonyl (C=O) groups excluding carboxylic acids is 1. The van der Waals surface area contributed by atoms with E-state index in [1.165, 1.54) is 11.3 Å². The van der Waals surface area contributed by atoms with Crippen molar-refractivity contribution in [1.29, 1.82) is 0 Å². The number of aromatic nitrogens is 1. The summed E-state index contributed by atoms with van der Waals surface area (Å²) in [7, 11) is 0. The number of thiazole rings is 1. The maximum Gasteiger partial charge on any atom is 0.230 e. The van der Waals surface area contributed by atoms with Crippen molar-refractivity contribution in [1.82, 2.24) is 4.98 Å². The largest absolute Gasteiger partial charge is 0.494 e. The van der Waals surface area contributed by atoms with Gasteiger partial charge < -0.3 is 10.1 Å². The fraction of sp³-hybridized carbons (Fsp3) is 0.158. The van der Waals surface area contributed by atoms with Gasteiger partial charge in [-0.2, -0.15) is 0 Å². The van der Waals surface area contributed by atoms with Gasteiger partial charge in [-0.15, -0.1) is 11.3 Å². The van der Waals surface area contributed by atoms with E-state index in [-0.39, 0.29) is 5.91 Å². The quantitative estimate of drug-likeness (QED) is 0.725. The Morgan fingerprint density at radius 2 is 1.88 bits per heavy atom. The number of ether oxygens (including phenoxy) is 1. The molecule has 0 radical (unpaired) electrons. The molecule has 0 aliphatic rings. The summed E-state index contributed by atoms with van der Waals surface area (Å²) >= 11 is 1.42. The summed E-state index contributed by atoms with van der Waals surface area (Å²) < 4.78 is 5.44. The number of hydrogen-bond donors (Lipinski definition) is 1. The van der Waals surface area contributed by atoms with Crippen molar-refractivity contribution in [2.75, 3.05) is 11.9 Å². The van der Waals surface area contributed by atoms with E-state index >= 15 is 0 Å². The number of nitrogens with zero attached hydrogens (tertiary/aromatic N) is 1. The second-order valence-electron chi connectivity index (χ2n) is 5.21. The number of amides is 1. The highest BCUT2D eigenvalue weighted by Crippen LogP contribution is 2.26. The van der Waals surface area contributed by atoms with Gasteiger partial charge in [0.1, 0.15) is 5.75 Å². The van der Waals surface area contributed by atoms with E-state index in [2.05, 4.69) is 10.3 Å². The van der Waals surface area contributed by atoms with Crippen LogP contribution in [0.4, 0.5) is 5.13 Å². The number of carbonyl (C=O) groups is 1. The Bertz CT molecular complexity index is 798. The smallest absolute Gasteiger partial charge is 0.230 e. The van der Waals surface area contributed by atoms with Gasteiger partial charge >= 0.3 is 0 Å². The molecule has 1 N–H and O–H groups in total. The van der Waals surface area contributed by atoms with Gasteiger partial charge in [0.25, 0.3) is 0 Å². The summed E-state index contributed by atoms with van der Waals surface area (Å²) in [6.07, 6.45) is 0.346. The van der Waals surface area contributed by atoms with Gasteiger partial charge in [0.05, 0.1) is 18.7 Å². The monoisotopic (exact) mass is 338 g/mol. The third-order valence-electron chi connectivity index (χ3n) is 3.42. The molecule has 1 amide bonds. The molecule has 0 aliphatic heterocycles. The number of nitrogens with one attached hydrogen (secondary N) is 1. The van der Waals surface area contributed by atoms with Crippen molar-refractivity contribution in [2.45, 2.75) is 13.3 Å². The Kier molecular flexibility index (Phi) is 5.23. The van der Waals surface area contributed by atoms with Crippen LogP contribution in [0.1, 0.15) is 12.5 Å². The Morgan fingerprint density at radius 3 is 2.58 bits per heavy atom. The van der Waals surface area contributed by atoms with Crippen LogP contribution < -0.4 is 10.1 Å². The molecule has 0 saturated heterocycles. The molecule has 0 bridgehead atoms. The minimum absolute atomic E-state index is 0.0613. The van der Waals surface area contributed by atoms with Crippen LogP contribution >= 0.6 is 11.3 Å². The van der Waals surface area contributed by atoms with Crippen molar-refractivity contribution < 1.29 is 9.53 Å². The molecule has 0 atom stereocenters. The Balaban J connectivity index is 1.63. The van der Waals surface area contributed by atoms with E-state index in [0.29, 0.717) is 18.2 Å². The first-order chi connectivity index (χ1) is 11.7. The lowest BCUT2D eigenvalue weighted by Gasteiger charge is -2.03. The highest BCUT2D eigenvalue weighted by molar-refractivity contribution is 7.14. The third kappa shape index (κ3) is 4.20. The van der Waals surface area contributed by atoms with Gasteiger partial charge in [0.2, 0.25) is 5.91 Å². The van der Waals surface area contributed by atoms with Gasteiger partial charge in [-0.1, -0.05) is 30.3 Å². The summed E-state index contributed by atoms with van der Waals surface area (Å²) in [6.45, 7) is 2.60. The van der Waals surface area contributed by atoms with E-state index in [1.807, 2.05) is 66.9 Å². The summed E-state index contributed by atoms with van der Waals surface area (Å²) in [5.74, 6) is 0.779. The van der Waals surface area contributed by atoms with E-state index < -0.39 is 0 Å². The van der Waals surface area contributed by atoms with Crippen LogP contribution in [0.2, 0.25) is 0 Å². The minimum atomic E-state index is -0.0613. The first kappa shape index (κ1) is 16.2. The predicted octanol–water partition coefficient (Wildman–Crippen LogP) is 4.39. The zero-order valence-electron chi connectivity index (χ0n) is 13.4. The Hall–Kier alpha value is -2.66. The van der Waals surface area contributed by atoms with Crippen molar-refractivity contribution in [3.05, 3.63) is 65.5 Å². The van der Waals surface area contributed by atoms with Crippen LogP contribution in [0, 0.1) is 0 Å². The highest BCUT2D eigenvalue weighted by Gasteiger charge is 2.09. The lowest BCUT2D eigenvalue weighted by Crippen LogP contribution is -2.14. The van der Waals surface area contributed by atoms with Gasteiger partial charge in [0, 0.05) is 10.9 Å². The molecule has 0 spiro atoms. The molecule has 5 heteroatoms. The molecular weight excluding hydrogens is 320 g/mol. The molecular formula is C19H18N2O2S. The lowest BCUT2D eigenvalue weighted by atomic mass is 10.1. The molecule has 1 heterocycles. The van der Waals surface area contributed by atoms with Crippen LogP contribution in [-0.4, -0.2) is 17.5 Å². The molecule has 2 aromatic carbocycles. The van der Waals surface area contributed by atoms with Gasteiger partial charge in [-0.25, -0.2) is 4.98 Å². The standard InChI is InChI=1S/C19H18N2O2S/c1-2-23-16-10-8-15(9-11-16)17-13-24-19(20-17)21-18(22)12-14-6-4-3-5-7-14/h3-11,13H,2,12H2,1H3,(H,20,21,22). The molecule has 122 valence electrons. The number of rotatable bonds is 6. The first-order valence-electron chi connectivity index (χ1n) is 7.77. The first-order valence-corrected chi connectivity index (χ1v) is 8.65. The SMILES string of the molecule is CCOc1ccc(-c2csc(NC(=O)Cc3ccccc3)n2)cc1. The molecule has 0 fully saturated rings. The summed E-state index contributed by atoms with van der Waals surface area (Å²) in [4.78, 5) is 16.6. The second-order valence-corrected chi connectivity index (χ2v) is 6.06. The average molecular weight is 338 g/mol. The maximum atomic E-state index is 12.1. The van der Waals surface area contributed by atoms with Crippen LogP contribution in [0.15, 0.2) is 60.0 Å². The highest BCUT2D eigenvalue weighted by atomic mass is 32.1. The topological polar surface area (TPSA) is 51.2 Å². The molecule has 0 aliphatic carbocycles. The lowest BCUT2D eigenvalue weighted by molar-refractivity contribution is -0.115. The van der Waals surface area contributed by atoms with Crippen molar-refractivity contribution in [2.24, 2.45) is 0 Å². The number of hydrogen-bond acceptors (Lipinski definition) is 4. The van der Waals surface area contributed by atoms with Gasteiger partial charge in [0.15, 0.2) is 5.13 Å². The van der Waals surface area contributed by atoms with Gasteiger partial charge in [-0.3, -0.25) is 4.79 Å². The normalized spacial score (nSPS) is 10.4. The van der Waals surface area contributed by atoms with Crippen molar-refractivity contribution in [3.63, 3.8) is 0 Å². The van der Waals surface area contributed by atoms with E-state index in [4.69, 9.17) is 4.74 Å². The van der Waals surface area contributed by atoms with Crippen LogP contribution in [0.5, 0.6) is 5.75 Å². The second kappa shape index (κ2) is 7.75. The summed E-state index contributed by atoms with van der Waals surface area (Å²) in [5, 5.41) is 5.41. The van der Waals surface area contributed by atoms with E-state index in [0.717, 1.165) is 22.6 Å².